The lowest BCUT2D eigenvalue weighted by Gasteiger charge is -1.93. The van der Waals surface area contributed by atoms with Gasteiger partial charge < -0.3 is 14.7 Å². The van der Waals surface area contributed by atoms with Crippen molar-refractivity contribution < 1.29 is 4.42 Å². The molecule has 1 aromatic carbocycles. The highest BCUT2D eigenvalue weighted by Crippen LogP contribution is 2.30. The van der Waals surface area contributed by atoms with Crippen molar-refractivity contribution in [2.24, 2.45) is 7.05 Å². The Morgan fingerprint density at radius 2 is 2.12 bits per heavy atom. The van der Waals surface area contributed by atoms with Crippen LogP contribution >= 0.6 is 0 Å². The summed E-state index contributed by atoms with van der Waals surface area (Å²) in [7, 11) is 2.01. The topological polar surface area (TPSA) is 57.0 Å². The van der Waals surface area contributed by atoms with Crippen molar-refractivity contribution in [2.45, 2.75) is 0 Å². The fraction of sp³-hybridized carbons (Fsp3) is 0.0833. The largest absolute Gasteiger partial charge is 0.424 e. The smallest absolute Gasteiger partial charge is 0.292 e. The van der Waals surface area contributed by atoms with Crippen LogP contribution < -0.4 is 5.73 Å². The lowest BCUT2D eigenvalue weighted by Crippen LogP contribution is -1.81. The Morgan fingerprint density at radius 3 is 2.88 bits per heavy atom. The molecule has 0 unspecified atom stereocenters. The lowest BCUT2D eigenvalue weighted by atomic mass is 10.1. The zero-order chi connectivity index (χ0) is 11.1. The first-order chi connectivity index (χ1) is 7.75. The zero-order valence-electron chi connectivity index (χ0n) is 8.84. The van der Waals surface area contributed by atoms with Gasteiger partial charge in [0.15, 0.2) is 5.76 Å². The maximum absolute atomic E-state index is 5.48. The van der Waals surface area contributed by atoms with E-state index in [0.717, 1.165) is 16.5 Å². The molecule has 0 atom stereocenters. The minimum absolute atomic E-state index is 0.197. The first-order valence-corrected chi connectivity index (χ1v) is 5.01. The quantitative estimate of drug-likeness (QED) is 0.675. The molecule has 0 saturated heterocycles. The molecule has 0 aliphatic rings. The van der Waals surface area contributed by atoms with Gasteiger partial charge in [-0.1, -0.05) is 18.2 Å². The van der Waals surface area contributed by atoms with Crippen LogP contribution in [0.1, 0.15) is 0 Å². The number of nitrogens with two attached hydrogens (primary N) is 1. The van der Waals surface area contributed by atoms with Crippen LogP contribution in [0, 0.1) is 0 Å². The van der Waals surface area contributed by atoms with E-state index >= 15 is 0 Å². The number of rotatable bonds is 1. The summed E-state index contributed by atoms with van der Waals surface area (Å²) in [5, 5.41) is 1.14. The minimum Gasteiger partial charge on any atom is -0.424 e. The standard InChI is InChI=1S/C12H11N3O/c1-15-7-9(11-6-14-12(13)16-11)8-4-2-3-5-10(8)15/h2-7H,1H3,(H2,13,14). The highest BCUT2D eigenvalue weighted by atomic mass is 16.4. The van der Waals surface area contributed by atoms with Crippen LogP contribution in [-0.4, -0.2) is 9.55 Å². The van der Waals surface area contributed by atoms with E-state index in [1.165, 1.54) is 0 Å². The number of para-hydroxylation sites is 1. The number of hydrogen-bond donors (Lipinski definition) is 1. The van der Waals surface area contributed by atoms with E-state index in [0.29, 0.717) is 5.76 Å². The number of nitrogen functional groups attached to an aromatic ring is 1. The molecule has 0 saturated carbocycles. The Hall–Kier alpha value is -2.23. The lowest BCUT2D eigenvalue weighted by molar-refractivity contribution is 0.595. The van der Waals surface area contributed by atoms with Crippen LogP contribution in [0.3, 0.4) is 0 Å². The second-order valence-electron chi connectivity index (χ2n) is 3.73. The van der Waals surface area contributed by atoms with Gasteiger partial charge in [-0.2, -0.15) is 0 Å². The van der Waals surface area contributed by atoms with Gasteiger partial charge in [0.25, 0.3) is 6.01 Å². The predicted molar refractivity (Wildman–Crippen MR) is 62.8 cm³/mol. The fourth-order valence-electron chi connectivity index (χ4n) is 1.95. The van der Waals surface area contributed by atoms with Gasteiger partial charge in [0, 0.05) is 29.7 Å². The zero-order valence-corrected chi connectivity index (χ0v) is 8.84. The molecule has 0 amide bonds. The third-order valence-electron chi connectivity index (χ3n) is 2.69. The summed E-state index contributed by atoms with van der Waals surface area (Å²) in [4.78, 5) is 3.91. The number of oxazole rings is 1. The Balaban J connectivity index is 2.32. The number of anilines is 1. The second-order valence-corrected chi connectivity index (χ2v) is 3.73. The summed E-state index contributed by atoms with van der Waals surface area (Å²) in [6, 6.07) is 8.34. The van der Waals surface area contributed by atoms with Gasteiger partial charge in [-0.05, 0) is 6.07 Å². The summed E-state index contributed by atoms with van der Waals surface area (Å²) < 4.78 is 7.40. The van der Waals surface area contributed by atoms with Crippen LogP contribution in [0.25, 0.3) is 22.2 Å². The number of nitrogens with zero attached hydrogens (tertiary/aromatic N) is 2. The van der Waals surface area contributed by atoms with Crippen molar-refractivity contribution in [3.8, 4) is 11.3 Å². The highest BCUT2D eigenvalue weighted by molar-refractivity contribution is 5.94. The summed E-state index contributed by atoms with van der Waals surface area (Å²) in [5.74, 6) is 0.703. The molecule has 0 radical (unpaired) electrons. The monoisotopic (exact) mass is 213 g/mol. The third kappa shape index (κ3) is 1.20. The van der Waals surface area contributed by atoms with E-state index in [1.54, 1.807) is 6.20 Å². The summed E-state index contributed by atoms with van der Waals surface area (Å²) in [5.41, 5.74) is 7.66. The van der Waals surface area contributed by atoms with Crippen molar-refractivity contribution in [1.29, 1.82) is 0 Å². The van der Waals surface area contributed by atoms with E-state index in [9.17, 15) is 0 Å². The number of aromatic nitrogens is 2. The molecule has 16 heavy (non-hydrogen) atoms. The maximum Gasteiger partial charge on any atom is 0.292 e. The minimum atomic E-state index is 0.197. The van der Waals surface area contributed by atoms with Crippen LogP contribution in [0.15, 0.2) is 41.1 Å². The third-order valence-corrected chi connectivity index (χ3v) is 2.69. The molecular formula is C12H11N3O. The normalized spacial score (nSPS) is 11.1. The molecule has 4 nitrogen and oxygen atoms in total. The van der Waals surface area contributed by atoms with Gasteiger partial charge in [-0.15, -0.1) is 0 Å². The van der Waals surface area contributed by atoms with E-state index in [4.69, 9.17) is 10.2 Å². The average molecular weight is 213 g/mol. The molecule has 2 N–H and O–H groups in total. The van der Waals surface area contributed by atoms with Crippen molar-refractivity contribution >= 4 is 16.9 Å². The van der Waals surface area contributed by atoms with Crippen LogP contribution in [0.2, 0.25) is 0 Å². The van der Waals surface area contributed by atoms with Crippen LogP contribution in [-0.2, 0) is 7.05 Å². The van der Waals surface area contributed by atoms with Crippen molar-refractivity contribution in [3.63, 3.8) is 0 Å². The molecule has 3 rings (SSSR count). The molecule has 0 fully saturated rings. The number of aryl methyl sites for hydroxylation is 1. The molecule has 4 heteroatoms. The van der Waals surface area contributed by atoms with Gasteiger partial charge >= 0.3 is 0 Å². The van der Waals surface area contributed by atoms with Gasteiger partial charge in [-0.25, -0.2) is 4.98 Å². The summed E-state index contributed by atoms with van der Waals surface area (Å²) >= 11 is 0. The number of fused-ring (bicyclic) bond motifs is 1. The Morgan fingerprint density at radius 1 is 1.31 bits per heavy atom. The molecule has 3 aromatic rings. The molecule has 2 heterocycles. The first-order valence-electron chi connectivity index (χ1n) is 5.01. The van der Waals surface area contributed by atoms with Gasteiger partial charge in [-0.3, -0.25) is 0 Å². The number of hydrogen-bond acceptors (Lipinski definition) is 3. The summed E-state index contributed by atoms with van der Waals surface area (Å²) in [6.45, 7) is 0. The van der Waals surface area contributed by atoms with E-state index in [2.05, 4.69) is 21.7 Å². The van der Waals surface area contributed by atoms with E-state index < -0.39 is 0 Å². The van der Waals surface area contributed by atoms with Crippen molar-refractivity contribution in [2.75, 3.05) is 5.73 Å². The Bertz CT molecular complexity index is 651. The maximum atomic E-state index is 5.48. The number of benzene rings is 1. The molecule has 0 spiro atoms. The first kappa shape index (κ1) is 9.03. The molecular weight excluding hydrogens is 202 g/mol. The molecule has 80 valence electrons. The van der Waals surface area contributed by atoms with Gasteiger partial charge in [0.2, 0.25) is 0 Å². The second kappa shape index (κ2) is 3.13. The summed E-state index contributed by atoms with van der Waals surface area (Å²) in [6.07, 6.45) is 3.67. The molecule has 0 aliphatic heterocycles. The SMILES string of the molecule is Cn1cc(-c2cnc(N)o2)c2ccccc21. The predicted octanol–water partition coefficient (Wildman–Crippen LogP) is 2.42. The van der Waals surface area contributed by atoms with E-state index in [1.807, 2.05) is 25.4 Å². The van der Waals surface area contributed by atoms with Crippen molar-refractivity contribution in [3.05, 3.63) is 36.7 Å². The fourth-order valence-corrected chi connectivity index (χ4v) is 1.95. The van der Waals surface area contributed by atoms with Gasteiger partial charge in [0.05, 0.1) is 6.20 Å². The molecule has 0 bridgehead atoms. The Labute approximate surface area is 92.3 Å². The van der Waals surface area contributed by atoms with E-state index in [-0.39, 0.29) is 6.01 Å². The highest BCUT2D eigenvalue weighted by Gasteiger charge is 2.11. The van der Waals surface area contributed by atoms with Crippen molar-refractivity contribution in [1.82, 2.24) is 9.55 Å². The Kier molecular flexibility index (Phi) is 1.77. The van der Waals surface area contributed by atoms with Crippen LogP contribution in [0.4, 0.5) is 6.01 Å². The van der Waals surface area contributed by atoms with Gasteiger partial charge in [0.1, 0.15) is 0 Å². The molecule has 2 aromatic heterocycles. The average Bonchev–Trinajstić information content (AvgIpc) is 2.84. The molecule has 0 aliphatic carbocycles. The van der Waals surface area contributed by atoms with Crippen LogP contribution in [0.5, 0.6) is 0 Å².